The van der Waals surface area contributed by atoms with Gasteiger partial charge < -0.3 is 14.0 Å². The fraction of sp³-hybridized carbons (Fsp3) is 0.786. The Morgan fingerprint density at radius 3 is 2.90 bits per heavy atom. The highest BCUT2D eigenvalue weighted by molar-refractivity contribution is 5.83. The molecular weight excluding hydrogens is 260 g/mol. The molecule has 1 heterocycles. The van der Waals surface area contributed by atoms with E-state index in [1.807, 2.05) is 6.92 Å². The van der Waals surface area contributed by atoms with E-state index in [2.05, 4.69) is 17.1 Å². The SMILES string of the molecule is CCOC(=O)c1nc(C2(OCC)CCCC(C)C2)no1. The summed E-state index contributed by atoms with van der Waals surface area (Å²) >= 11 is 0. The van der Waals surface area contributed by atoms with Gasteiger partial charge in [0.2, 0.25) is 5.82 Å². The molecule has 112 valence electrons. The zero-order valence-electron chi connectivity index (χ0n) is 12.3. The average molecular weight is 282 g/mol. The van der Waals surface area contributed by atoms with Crippen molar-refractivity contribution in [3.8, 4) is 0 Å². The van der Waals surface area contributed by atoms with E-state index >= 15 is 0 Å². The van der Waals surface area contributed by atoms with Crippen LogP contribution in [-0.2, 0) is 15.1 Å². The highest BCUT2D eigenvalue weighted by Gasteiger charge is 2.42. The summed E-state index contributed by atoms with van der Waals surface area (Å²) in [5, 5.41) is 3.96. The highest BCUT2D eigenvalue weighted by Crippen LogP contribution is 2.41. The topological polar surface area (TPSA) is 74.5 Å². The van der Waals surface area contributed by atoms with Gasteiger partial charge in [-0.3, -0.25) is 0 Å². The van der Waals surface area contributed by atoms with Crippen LogP contribution in [0.5, 0.6) is 0 Å². The van der Waals surface area contributed by atoms with E-state index in [-0.39, 0.29) is 12.5 Å². The molecule has 1 fully saturated rings. The second-order valence-corrected chi connectivity index (χ2v) is 5.27. The first-order valence-electron chi connectivity index (χ1n) is 7.26. The van der Waals surface area contributed by atoms with Crippen LogP contribution in [0.4, 0.5) is 0 Å². The third kappa shape index (κ3) is 3.00. The molecule has 1 saturated carbocycles. The van der Waals surface area contributed by atoms with Crippen LogP contribution < -0.4 is 0 Å². The number of aromatic nitrogens is 2. The molecule has 6 heteroatoms. The Kier molecular flexibility index (Phi) is 4.75. The van der Waals surface area contributed by atoms with E-state index in [1.54, 1.807) is 6.92 Å². The molecule has 0 amide bonds. The van der Waals surface area contributed by atoms with Crippen LogP contribution in [0.15, 0.2) is 4.52 Å². The molecule has 0 aromatic carbocycles. The Balaban J connectivity index is 2.23. The lowest BCUT2D eigenvalue weighted by Crippen LogP contribution is -2.36. The van der Waals surface area contributed by atoms with Crippen molar-refractivity contribution < 1.29 is 18.8 Å². The number of nitrogens with zero attached hydrogens (tertiary/aromatic N) is 2. The van der Waals surface area contributed by atoms with Crippen molar-refractivity contribution in [2.45, 2.75) is 52.1 Å². The van der Waals surface area contributed by atoms with Crippen LogP contribution in [0.1, 0.15) is 63.0 Å². The summed E-state index contributed by atoms with van der Waals surface area (Å²) < 4.78 is 15.8. The third-order valence-electron chi connectivity index (χ3n) is 3.66. The quantitative estimate of drug-likeness (QED) is 0.773. The molecule has 1 aromatic heterocycles. The number of esters is 1. The van der Waals surface area contributed by atoms with Crippen LogP contribution in [0, 0.1) is 5.92 Å². The van der Waals surface area contributed by atoms with Gasteiger partial charge in [0.1, 0.15) is 5.60 Å². The molecule has 2 unspecified atom stereocenters. The number of hydrogen-bond donors (Lipinski definition) is 0. The van der Waals surface area contributed by atoms with Crippen molar-refractivity contribution in [1.82, 2.24) is 10.1 Å². The second kappa shape index (κ2) is 6.35. The molecule has 1 aliphatic rings. The molecule has 20 heavy (non-hydrogen) atoms. The summed E-state index contributed by atoms with van der Waals surface area (Å²) in [5.41, 5.74) is -0.527. The molecule has 0 aliphatic heterocycles. The molecular formula is C14H22N2O4. The number of ether oxygens (including phenoxy) is 2. The zero-order valence-corrected chi connectivity index (χ0v) is 12.3. The van der Waals surface area contributed by atoms with Crippen molar-refractivity contribution in [2.24, 2.45) is 5.92 Å². The lowest BCUT2D eigenvalue weighted by atomic mass is 9.78. The first-order valence-corrected chi connectivity index (χ1v) is 7.26. The standard InChI is InChI=1S/C14H22N2O4/c1-4-18-12(17)11-15-13(16-20-11)14(19-5-2)8-6-7-10(3)9-14/h10H,4-9H2,1-3H3. The zero-order chi connectivity index (χ0) is 14.6. The van der Waals surface area contributed by atoms with Gasteiger partial charge in [0, 0.05) is 6.61 Å². The molecule has 1 aliphatic carbocycles. The van der Waals surface area contributed by atoms with E-state index < -0.39 is 11.6 Å². The van der Waals surface area contributed by atoms with Gasteiger partial charge in [-0.1, -0.05) is 18.5 Å². The minimum atomic E-state index is -0.582. The van der Waals surface area contributed by atoms with E-state index in [9.17, 15) is 4.79 Å². The molecule has 0 bridgehead atoms. The Morgan fingerprint density at radius 1 is 1.45 bits per heavy atom. The largest absolute Gasteiger partial charge is 0.459 e. The van der Waals surface area contributed by atoms with Crippen LogP contribution in [0.3, 0.4) is 0 Å². The Hall–Kier alpha value is -1.43. The predicted molar refractivity (Wildman–Crippen MR) is 71.2 cm³/mol. The monoisotopic (exact) mass is 282 g/mol. The summed E-state index contributed by atoms with van der Waals surface area (Å²) in [6.45, 7) is 6.74. The van der Waals surface area contributed by atoms with E-state index in [0.29, 0.717) is 18.3 Å². The Morgan fingerprint density at radius 2 is 2.25 bits per heavy atom. The molecule has 0 N–H and O–H groups in total. The van der Waals surface area contributed by atoms with Crippen molar-refractivity contribution >= 4 is 5.97 Å². The first-order chi connectivity index (χ1) is 9.61. The van der Waals surface area contributed by atoms with Gasteiger partial charge in [-0.2, -0.15) is 4.98 Å². The molecule has 0 radical (unpaired) electrons. The second-order valence-electron chi connectivity index (χ2n) is 5.27. The minimum Gasteiger partial charge on any atom is -0.459 e. The maximum atomic E-state index is 11.6. The van der Waals surface area contributed by atoms with Crippen LogP contribution in [0.2, 0.25) is 0 Å². The maximum absolute atomic E-state index is 11.6. The normalized spacial score (nSPS) is 26.4. The van der Waals surface area contributed by atoms with Crippen molar-refractivity contribution in [3.05, 3.63) is 11.7 Å². The number of carbonyl (C=O) groups is 1. The molecule has 6 nitrogen and oxygen atoms in total. The molecule has 2 atom stereocenters. The van der Waals surface area contributed by atoms with Gasteiger partial charge in [0.05, 0.1) is 6.61 Å². The Bertz CT molecular complexity index is 456. The van der Waals surface area contributed by atoms with Crippen molar-refractivity contribution in [2.75, 3.05) is 13.2 Å². The Labute approximate surface area is 118 Å². The summed E-state index contributed by atoms with van der Waals surface area (Å²) in [6.07, 6.45) is 3.94. The van der Waals surface area contributed by atoms with Gasteiger partial charge in [-0.05, 0) is 39.0 Å². The van der Waals surface area contributed by atoms with E-state index in [4.69, 9.17) is 14.0 Å². The van der Waals surface area contributed by atoms with Crippen molar-refractivity contribution in [3.63, 3.8) is 0 Å². The number of rotatable bonds is 5. The van der Waals surface area contributed by atoms with Gasteiger partial charge in [0.25, 0.3) is 0 Å². The lowest BCUT2D eigenvalue weighted by molar-refractivity contribution is -0.0891. The first kappa shape index (κ1) is 15.0. The van der Waals surface area contributed by atoms with Gasteiger partial charge in [-0.15, -0.1) is 0 Å². The lowest BCUT2D eigenvalue weighted by Gasteiger charge is -2.37. The van der Waals surface area contributed by atoms with Crippen LogP contribution in [-0.4, -0.2) is 29.3 Å². The highest BCUT2D eigenvalue weighted by atomic mass is 16.6. The third-order valence-corrected chi connectivity index (χ3v) is 3.66. The van der Waals surface area contributed by atoms with E-state index in [0.717, 1.165) is 19.3 Å². The average Bonchev–Trinajstić information content (AvgIpc) is 2.89. The molecule has 0 saturated heterocycles. The number of carbonyl (C=O) groups excluding carboxylic acids is 1. The van der Waals surface area contributed by atoms with Crippen molar-refractivity contribution in [1.29, 1.82) is 0 Å². The fourth-order valence-corrected chi connectivity index (χ4v) is 2.86. The van der Waals surface area contributed by atoms with E-state index in [1.165, 1.54) is 6.42 Å². The summed E-state index contributed by atoms with van der Waals surface area (Å²) in [5.74, 6) is 0.328. The van der Waals surface area contributed by atoms with Gasteiger partial charge in [-0.25, -0.2) is 4.79 Å². The number of hydrogen-bond acceptors (Lipinski definition) is 6. The molecule has 2 rings (SSSR count). The maximum Gasteiger partial charge on any atom is 0.397 e. The molecule has 1 aromatic rings. The smallest absolute Gasteiger partial charge is 0.397 e. The fourth-order valence-electron chi connectivity index (χ4n) is 2.86. The van der Waals surface area contributed by atoms with Gasteiger partial charge >= 0.3 is 11.9 Å². The minimum absolute atomic E-state index is 0.0980. The predicted octanol–water partition coefficient (Wildman–Crippen LogP) is 2.69. The molecule has 0 spiro atoms. The summed E-state index contributed by atoms with van der Waals surface area (Å²) in [4.78, 5) is 15.8. The summed E-state index contributed by atoms with van der Waals surface area (Å²) in [7, 11) is 0. The van der Waals surface area contributed by atoms with Crippen LogP contribution >= 0.6 is 0 Å². The summed E-state index contributed by atoms with van der Waals surface area (Å²) in [6, 6.07) is 0. The van der Waals surface area contributed by atoms with Gasteiger partial charge in [0.15, 0.2) is 0 Å². The van der Waals surface area contributed by atoms with Crippen LogP contribution in [0.25, 0.3) is 0 Å².